The average Bonchev–Trinajstić information content (AvgIpc) is 2.72. The number of nitrogens with one attached hydrogen (secondary N) is 1. The second-order valence-electron chi connectivity index (χ2n) is 7.16. The highest BCUT2D eigenvalue weighted by molar-refractivity contribution is 7.89. The Kier molecular flexibility index (Phi) is 6.53. The first-order chi connectivity index (χ1) is 14.4. The van der Waals surface area contributed by atoms with Gasteiger partial charge in [0, 0.05) is 38.1 Å². The van der Waals surface area contributed by atoms with Gasteiger partial charge in [-0.2, -0.15) is 13.2 Å². The van der Waals surface area contributed by atoms with Crippen LogP contribution in [0.5, 0.6) is 0 Å². The zero-order chi connectivity index (χ0) is 22.8. The van der Waals surface area contributed by atoms with Crippen molar-refractivity contribution in [1.29, 1.82) is 0 Å². The van der Waals surface area contributed by atoms with Crippen LogP contribution in [0.15, 0.2) is 47.5 Å². The monoisotopic (exact) mass is 457 g/mol. The van der Waals surface area contributed by atoms with Crippen LogP contribution < -0.4 is 15.4 Å². The van der Waals surface area contributed by atoms with Crippen LogP contribution in [0.1, 0.15) is 12.5 Å². The van der Waals surface area contributed by atoms with Gasteiger partial charge < -0.3 is 10.2 Å². The predicted molar refractivity (Wildman–Crippen MR) is 109 cm³/mol. The largest absolute Gasteiger partial charge is 0.417 e. The number of halogens is 3. The maximum absolute atomic E-state index is 12.7. The van der Waals surface area contributed by atoms with Crippen LogP contribution in [0, 0.1) is 0 Å². The van der Waals surface area contributed by atoms with E-state index in [0.29, 0.717) is 37.7 Å². The van der Waals surface area contributed by atoms with Gasteiger partial charge >= 0.3 is 6.18 Å². The summed E-state index contributed by atoms with van der Waals surface area (Å²) in [7, 11) is -3.81. The Morgan fingerprint density at radius 2 is 1.71 bits per heavy atom. The molecule has 1 fully saturated rings. The van der Waals surface area contributed by atoms with E-state index in [4.69, 9.17) is 5.14 Å². The maximum atomic E-state index is 12.7. The van der Waals surface area contributed by atoms with Gasteiger partial charge in [0.15, 0.2) is 0 Å². The van der Waals surface area contributed by atoms with E-state index in [2.05, 4.69) is 10.3 Å². The van der Waals surface area contributed by atoms with Crippen LogP contribution in [0.2, 0.25) is 0 Å². The Bertz CT molecular complexity index is 1020. The summed E-state index contributed by atoms with van der Waals surface area (Å²) in [5.41, 5.74) is -0.353. The minimum absolute atomic E-state index is 0.0495. The topological polar surface area (TPSA) is 109 Å². The molecule has 0 aliphatic carbocycles. The number of sulfonamides is 1. The number of primary sulfonamides is 1. The molecule has 1 aromatic carbocycles. The van der Waals surface area contributed by atoms with Gasteiger partial charge in [0.2, 0.25) is 15.9 Å². The van der Waals surface area contributed by atoms with Crippen molar-refractivity contribution < 1.29 is 26.4 Å². The van der Waals surface area contributed by atoms with Gasteiger partial charge in [-0.25, -0.2) is 18.5 Å². The number of nitrogens with zero attached hydrogens (tertiary/aromatic N) is 3. The van der Waals surface area contributed by atoms with E-state index < -0.39 is 27.8 Å². The summed E-state index contributed by atoms with van der Waals surface area (Å²) < 4.78 is 60.6. The van der Waals surface area contributed by atoms with Crippen molar-refractivity contribution >= 4 is 27.4 Å². The van der Waals surface area contributed by atoms with Crippen LogP contribution in [-0.2, 0) is 21.0 Å². The first kappa shape index (κ1) is 23.0. The van der Waals surface area contributed by atoms with Crippen molar-refractivity contribution in [2.75, 3.05) is 36.4 Å². The number of aromatic nitrogens is 1. The summed E-state index contributed by atoms with van der Waals surface area (Å²) in [5, 5.41) is 7.79. The van der Waals surface area contributed by atoms with Gasteiger partial charge in [0.05, 0.1) is 16.5 Å². The zero-order valence-corrected chi connectivity index (χ0v) is 17.4. The standard InChI is InChI=1S/C19H22F3N5O3S/c1-13(18(28)25-15-3-5-16(6-4-15)31(23,29)30)26-8-10-27(11-9-26)17-7-2-14(12-24-17)19(20,21)22/h2-7,12-13H,8-11H2,1H3,(H,25,28)(H2,23,29,30)/t13-/m1/s1. The van der Waals surface area contributed by atoms with Gasteiger partial charge in [0.1, 0.15) is 5.82 Å². The molecule has 0 saturated carbocycles. The van der Waals surface area contributed by atoms with Crippen LogP contribution in [0.4, 0.5) is 24.7 Å². The van der Waals surface area contributed by atoms with Crippen molar-refractivity contribution in [3.05, 3.63) is 48.2 Å². The third kappa shape index (κ3) is 5.71. The minimum Gasteiger partial charge on any atom is -0.354 e. The predicted octanol–water partition coefficient (Wildman–Crippen LogP) is 1.90. The van der Waals surface area contributed by atoms with E-state index in [1.54, 1.807) is 6.92 Å². The van der Waals surface area contributed by atoms with Crippen molar-refractivity contribution in [3.63, 3.8) is 0 Å². The number of carbonyl (C=O) groups is 1. The Balaban J connectivity index is 1.54. The minimum atomic E-state index is -4.42. The van der Waals surface area contributed by atoms with Gasteiger partial charge in [-0.1, -0.05) is 0 Å². The molecule has 3 N–H and O–H groups in total. The van der Waals surface area contributed by atoms with E-state index in [-0.39, 0.29) is 10.8 Å². The van der Waals surface area contributed by atoms with E-state index in [1.807, 2.05) is 9.80 Å². The van der Waals surface area contributed by atoms with Crippen LogP contribution in [-0.4, -0.2) is 56.4 Å². The second-order valence-corrected chi connectivity index (χ2v) is 8.72. The number of benzene rings is 1. The van der Waals surface area contributed by atoms with Crippen molar-refractivity contribution in [2.45, 2.75) is 24.0 Å². The van der Waals surface area contributed by atoms with Gasteiger partial charge in [0.25, 0.3) is 0 Å². The Morgan fingerprint density at radius 1 is 1.10 bits per heavy atom. The number of piperazine rings is 1. The molecule has 12 heteroatoms. The first-order valence-corrected chi connectivity index (χ1v) is 11.0. The smallest absolute Gasteiger partial charge is 0.354 e. The molecule has 168 valence electrons. The SMILES string of the molecule is C[C@H](C(=O)Nc1ccc(S(N)(=O)=O)cc1)N1CCN(c2ccc(C(F)(F)F)cn2)CC1. The quantitative estimate of drug-likeness (QED) is 0.710. The number of carbonyl (C=O) groups excluding carboxylic acids is 1. The van der Waals surface area contributed by atoms with Gasteiger partial charge in [-0.15, -0.1) is 0 Å². The molecule has 3 rings (SSSR count). The van der Waals surface area contributed by atoms with Crippen molar-refractivity contribution in [3.8, 4) is 0 Å². The molecule has 0 radical (unpaired) electrons. The fourth-order valence-electron chi connectivity index (χ4n) is 3.22. The zero-order valence-electron chi connectivity index (χ0n) is 16.6. The number of nitrogens with two attached hydrogens (primary N) is 1. The number of alkyl halides is 3. The summed E-state index contributed by atoms with van der Waals surface area (Å²) in [4.78, 5) is 20.2. The summed E-state index contributed by atoms with van der Waals surface area (Å²) in [6.07, 6.45) is -3.61. The number of amides is 1. The highest BCUT2D eigenvalue weighted by atomic mass is 32.2. The molecule has 0 unspecified atom stereocenters. The molecule has 8 nitrogen and oxygen atoms in total. The molecule has 1 saturated heterocycles. The van der Waals surface area contributed by atoms with Crippen molar-refractivity contribution in [1.82, 2.24) is 9.88 Å². The third-order valence-corrected chi connectivity index (χ3v) is 6.02. The highest BCUT2D eigenvalue weighted by Gasteiger charge is 2.31. The molecule has 1 aliphatic heterocycles. The fourth-order valence-corrected chi connectivity index (χ4v) is 3.74. The molecule has 1 aromatic heterocycles. The Morgan fingerprint density at radius 3 is 2.19 bits per heavy atom. The van der Waals surface area contributed by atoms with Gasteiger partial charge in [-0.05, 0) is 43.3 Å². The lowest BCUT2D eigenvalue weighted by atomic mass is 10.2. The second kappa shape index (κ2) is 8.81. The number of pyridine rings is 1. The van der Waals surface area contributed by atoms with E-state index in [9.17, 15) is 26.4 Å². The third-order valence-electron chi connectivity index (χ3n) is 5.09. The molecular weight excluding hydrogens is 435 g/mol. The highest BCUT2D eigenvalue weighted by Crippen LogP contribution is 2.29. The molecule has 1 amide bonds. The number of hydrogen-bond donors (Lipinski definition) is 2. The van der Waals surface area contributed by atoms with Crippen LogP contribution in [0.25, 0.3) is 0 Å². The first-order valence-electron chi connectivity index (χ1n) is 9.41. The van der Waals surface area contributed by atoms with E-state index in [1.165, 1.54) is 30.3 Å². The molecule has 0 spiro atoms. The molecule has 2 aromatic rings. The molecular formula is C19H22F3N5O3S. The molecule has 31 heavy (non-hydrogen) atoms. The number of anilines is 2. The number of hydrogen-bond acceptors (Lipinski definition) is 6. The maximum Gasteiger partial charge on any atom is 0.417 e. The summed E-state index contributed by atoms with van der Waals surface area (Å²) in [6.45, 7) is 3.83. The molecule has 1 atom stereocenters. The molecule has 2 heterocycles. The summed E-state index contributed by atoms with van der Waals surface area (Å²) in [6, 6.07) is 7.43. The lowest BCUT2D eigenvalue weighted by Crippen LogP contribution is -2.53. The van der Waals surface area contributed by atoms with E-state index >= 15 is 0 Å². The normalized spacial score (nSPS) is 16.7. The summed E-state index contributed by atoms with van der Waals surface area (Å²) >= 11 is 0. The van der Waals surface area contributed by atoms with Crippen molar-refractivity contribution in [2.24, 2.45) is 5.14 Å². The lowest BCUT2D eigenvalue weighted by molar-refractivity contribution is -0.137. The van der Waals surface area contributed by atoms with Gasteiger partial charge in [-0.3, -0.25) is 9.69 Å². The van der Waals surface area contributed by atoms with Crippen LogP contribution in [0.3, 0.4) is 0 Å². The molecule has 0 bridgehead atoms. The lowest BCUT2D eigenvalue weighted by Gasteiger charge is -2.38. The fraction of sp³-hybridized carbons (Fsp3) is 0.368. The Labute approximate surface area is 177 Å². The van der Waals surface area contributed by atoms with E-state index in [0.717, 1.165) is 12.3 Å². The van der Waals surface area contributed by atoms with Crippen LogP contribution >= 0.6 is 0 Å². The summed E-state index contributed by atoms with van der Waals surface area (Å²) in [5.74, 6) is 0.198. The average molecular weight is 457 g/mol. The number of rotatable bonds is 5. The Hall–Kier alpha value is -2.70. The molecule has 1 aliphatic rings.